The van der Waals surface area contributed by atoms with Crippen molar-refractivity contribution in [3.63, 3.8) is 0 Å². The molecule has 94 valence electrons. The fourth-order valence-corrected chi connectivity index (χ4v) is 3.43. The highest BCUT2D eigenvalue weighted by molar-refractivity contribution is 4.94. The molecule has 1 heterocycles. The molecule has 3 N–H and O–H groups in total. The Labute approximate surface area is 103 Å². The van der Waals surface area contributed by atoms with E-state index in [1.54, 1.807) is 0 Å². The Kier molecular flexibility index (Phi) is 3.16. The lowest BCUT2D eigenvalue weighted by Crippen LogP contribution is -2.40. The molecule has 0 spiro atoms. The van der Waals surface area contributed by atoms with Crippen molar-refractivity contribution in [2.45, 2.75) is 62.7 Å². The smallest absolute Gasteiger partial charge is 0.0949 e. The molecule has 0 aromatic carbocycles. The summed E-state index contributed by atoms with van der Waals surface area (Å²) in [5.74, 6) is 0. The van der Waals surface area contributed by atoms with Crippen molar-refractivity contribution in [2.24, 2.45) is 5.73 Å². The number of hydrogen-bond donors (Lipinski definition) is 2. The van der Waals surface area contributed by atoms with E-state index in [1.807, 2.05) is 12.5 Å². The van der Waals surface area contributed by atoms with E-state index in [4.69, 9.17) is 5.73 Å². The van der Waals surface area contributed by atoms with E-state index in [9.17, 15) is 0 Å². The molecule has 2 fully saturated rings. The average molecular weight is 234 g/mol. The predicted octanol–water partition coefficient (Wildman–Crippen LogP) is 1.45. The van der Waals surface area contributed by atoms with E-state index in [1.165, 1.54) is 32.1 Å². The van der Waals surface area contributed by atoms with Crippen molar-refractivity contribution in [3.8, 4) is 0 Å². The van der Waals surface area contributed by atoms with Gasteiger partial charge in [-0.1, -0.05) is 0 Å². The number of nitrogens with two attached hydrogens (primary N) is 1. The maximum Gasteiger partial charge on any atom is 0.0949 e. The number of hydrogen-bond acceptors (Lipinski definition) is 3. The Morgan fingerprint density at radius 3 is 2.88 bits per heavy atom. The number of nitrogens with zero attached hydrogens (tertiary/aromatic N) is 2. The summed E-state index contributed by atoms with van der Waals surface area (Å²) in [5.41, 5.74) is 5.97. The number of aromatic nitrogens is 2. The minimum Gasteiger partial charge on any atom is -0.333 e. The van der Waals surface area contributed by atoms with Crippen LogP contribution in [0.5, 0.6) is 0 Å². The van der Waals surface area contributed by atoms with Crippen LogP contribution in [0.15, 0.2) is 18.7 Å². The standard InChI is InChI=1S/C13H22N4/c14-10-4-5-11(8-10)16-12-2-1-3-13(12)17-7-6-15-9-17/h6-7,9-13,16H,1-5,8,14H2. The molecule has 4 unspecified atom stereocenters. The second kappa shape index (κ2) is 4.78. The lowest BCUT2D eigenvalue weighted by Gasteiger charge is -2.25. The minimum atomic E-state index is 0.417. The van der Waals surface area contributed by atoms with Gasteiger partial charge in [-0.3, -0.25) is 0 Å². The van der Waals surface area contributed by atoms with Gasteiger partial charge in [0.1, 0.15) is 0 Å². The van der Waals surface area contributed by atoms with Crippen LogP contribution < -0.4 is 11.1 Å². The van der Waals surface area contributed by atoms with Crippen LogP contribution in [0.1, 0.15) is 44.6 Å². The van der Waals surface area contributed by atoms with Gasteiger partial charge in [-0.15, -0.1) is 0 Å². The topological polar surface area (TPSA) is 55.9 Å². The number of rotatable bonds is 3. The Morgan fingerprint density at radius 2 is 2.18 bits per heavy atom. The largest absolute Gasteiger partial charge is 0.333 e. The zero-order chi connectivity index (χ0) is 11.7. The maximum atomic E-state index is 5.97. The highest BCUT2D eigenvalue weighted by Crippen LogP contribution is 2.31. The van der Waals surface area contributed by atoms with Crippen LogP contribution in [0.4, 0.5) is 0 Å². The second-order valence-corrected chi connectivity index (χ2v) is 5.55. The summed E-state index contributed by atoms with van der Waals surface area (Å²) in [7, 11) is 0. The fraction of sp³-hybridized carbons (Fsp3) is 0.769. The van der Waals surface area contributed by atoms with Crippen molar-refractivity contribution < 1.29 is 0 Å². The van der Waals surface area contributed by atoms with E-state index in [2.05, 4.69) is 21.1 Å². The van der Waals surface area contributed by atoms with E-state index in [-0.39, 0.29) is 0 Å². The Hall–Kier alpha value is -0.870. The number of nitrogens with one attached hydrogen (secondary N) is 1. The summed E-state index contributed by atoms with van der Waals surface area (Å²) >= 11 is 0. The highest BCUT2D eigenvalue weighted by Gasteiger charge is 2.32. The normalized spacial score (nSPS) is 37.7. The molecule has 1 aromatic heterocycles. The molecule has 0 aliphatic heterocycles. The lowest BCUT2D eigenvalue weighted by atomic mass is 10.1. The Morgan fingerprint density at radius 1 is 1.24 bits per heavy atom. The molecular weight excluding hydrogens is 212 g/mol. The van der Waals surface area contributed by atoms with Crippen LogP contribution >= 0.6 is 0 Å². The molecule has 4 nitrogen and oxygen atoms in total. The van der Waals surface area contributed by atoms with Crippen molar-refractivity contribution in [3.05, 3.63) is 18.7 Å². The minimum absolute atomic E-state index is 0.417. The summed E-state index contributed by atoms with van der Waals surface area (Å²) < 4.78 is 2.26. The first-order chi connectivity index (χ1) is 8.33. The summed E-state index contributed by atoms with van der Waals surface area (Å²) in [6, 6.07) is 2.26. The molecule has 4 heteroatoms. The quantitative estimate of drug-likeness (QED) is 0.832. The zero-order valence-electron chi connectivity index (χ0n) is 10.3. The summed E-state index contributed by atoms with van der Waals surface area (Å²) in [5, 5.41) is 3.82. The third kappa shape index (κ3) is 2.38. The van der Waals surface area contributed by atoms with E-state index in [0.717, 1.165) is 6.42 Å². The monoisotopic (exact) mass is 234 g/mol. The second-order valence-electron chi connectivity index (χ2n) is 5.55. The fourth-order valence-electron chi connectivity index (χ4n) is 3.43. The molecule has 0 amide bonds. The van der Waals surface area contributed by atoms with Gasteiger partial charge in [0, 0.05) is 36.6 Å². The van der Waals surface area contributed by atoms with Crippen molar-refractivity contribution in [1.29, 1.82) is 0 Å². The number of imidazole rings is 1. The van der Waals surface area contributed by atoms with Crippen LogP contribution in [0.2, 0.25) is 0 Å². The molecule has 4 atom stereocenters. The Bertz CT molecular complexity index is 348. The first kappa shape index (κ1) is 11.2. The molecule has 1 aromatic rings. The van der Waals surface area contributed by atoms with Crippen molar-refractivity contribution in [2.75, 3.05) is 0 Å². The van der Waals surface area contributed by atoms with Crippen LogP contribution in [-0.4, -0.2) is 27.7 Å². The van der Waals surface area contributed by atoms with Gasteiger partial charge in [-0.05, 0) is 38.5 Å². The molecule has 0 saturated heterocycles. The maximum absolute atomic E-state index is 5.97. The van der Waals surface area contributed by atoms with Gasteiger partial charge in [0.25, 0.3) is 0 Å². The summed E-state index contributed by atoms with van der Waals surface area (Å²) in [6.07, 6.45) is 13.4. The average Bonchev–Trinajstić information content (AvgIpc) is 3.00. The van der Waals surface area contributed by atoms with Gasteiger partial charge in [0.15, 0.2) is 0 Å². The first-order valence-electron chi connectivity index (χ1n) is 6.82. The van der Waals surface area contributed by atoms with Crippen LogP contribution in [-0.2, 0) is 0 Å². The molecule has 2 aliphatic carbocycles. The van der Waals surface area contributed by atoms with E-state index < -0.39 is 0 Å². The SMILES string of the molecule is NC1CCC(NC2CCCC2n2ccnc2)C1. The van der Waals surface area contributed by atoms with Gasteiger partial charge in [0.2, 0.25) is 0 Å². The zero-order valence-corrected chi connectivity index (χ0v) is 10.3. The Balaban J connectivity index is 1.62. The third-order valence-corrected chi connectivity index (χ3v) is 4.31. The molecule has 0 radical (unpaired) electrons. The van der Waals surface area contributed by atoms with Crippen LogP contribution in [0, 0.1) is 0 Å². The van der Waals surface area contributed by atoms with E-state index >= 15 is 0 Å². The molecule has 17 heavy (non-hydrogen) atoms. The van der Waals surface area contributed by atoms with Crippen LogP contribution in [0.3, 0.4) is 0 Å². The third-order valence-electron chi connectivity index (χ3n) is 4.31. The van der Waals surface area contributed by atoms with Crippen molar-refractivity contribution in [1.82, 2.24) is 14.9 Å². The highest BCUT2D eigenvalue weighted by atomic mass is 15.1. The lowest BCUT2D eigenvalue weighted by molar-refractivity contribution is 0.350. The van der Waals surface area contributed by atoms with Gasteiger partial charge in [-0.2, -0.15) is 0 Å². The summed E-state index contributed by atoms with van der Waals surface area (Å²) in [6.45, 7) is 0. The molecular formula is C13H22N4. The van der Waals surface area contributed by atoms with Gasteiger partial charge >= 0.3 is 0 Å². The molecule has 0 bridgehead atoms. The first-order valence-corrected chi connectivity index (χ1v) is 6.82. The van der Waals surface area contributed by atoms with Gasteiger partial charge < -0.3 is 15.6 Å². The van der Waals surface area contributed by atoms with Gasteiger partial charge in [-0.25, -0.2) is 4.98 Å². The molecule has 2 aliphatic rings. The molecule has 3 rings (SSSR count). The predicted molar refractivity (Wildman–Crippen MR) is 67.7 cm³/mol. The van der Waals surface area contributed by atoms with Crippen LogP contribution in [0.25, 0.3) is 0 Å². The van der Waals surface area contributed by atoms with Crippen molar-refractivity contribution >= 4 is 0 Å². The van der Waals surface area contributed by atoms with E-state index in [0.29, 0.717) is 24.2 Å². The van der Waals surface area contributed by atoms with Gasteiger partial charge in [0.05, 0.1) is 6.33 Å². The summed E-state index contributed by atoms with van der Waals surface area (Å²) in [4.78, 5) is 4.16. The molecule has 2 saturated carbocycles.